The monoisotopic (exact) mass is 320 g/mol. The highest BCUT2D eigenvalue weighted by Crippen LogP contribution is 1.97. The number of nitrogens with one attached hydrogen (secondary N) is 3. The maximum Gasteiger partial charge on any atom is 0.307 e. The Morgan fingerprint density at radius 1 is 0.909 bits per heavy atom. The van der Waals surface area contributed by atoms with Crippen LogP contribution in [0.4, 0.5) is 0 Å². The van der Waals surface area contributed by atoms with Crippen molar-refractivity contribution in [2.45, 2.75) is 19.3 Å². The first-order valence-electron chi connectivity index (χ1n) is 7.84. The van der Waals surface area contributed by atoms with Crippen molar-refractivity contribution >= 4 is 5.97 Å². The van der Waals surface area contributed by atoms with Gasteiger partial charge in [-0.3, -0.25) is 9.69 Å². The van der Waals surface area contributed by atoms with Gasteiger partial charge in [0.25, 0.3) is 0 Å². The van der Waals surface area contributed by atoms with Gasteiger partial charge >= 0.3 is 5.97 Å². The molecule has 0 atom stereocenters. The van der Waals surface area contributed by atoms with Gasteiger partial charge in [0.1, 0.15) is 0 Å². The van der Waals surface area contributed by atoms with Crippen molar-refractivity contribution in [1.29, 1.82) is 0 Å². The maximum absolute atomic E-state index is 11.7. The summed E-state index contributed by atoms with van der Waals surface area (Å²) in [5, 5.41) is 3.06. The number of carbonyl (C=O) groups is 1. The third-order valence-electron chi connectivity index (χ3n) is 3.02. The molecule has 0 aromatic carbocycles. The number of ether oxygens (including phenoxy) is 1. The normalized spacial score (nSPS) is 11.1. The zero-order chi connectivity index (χ0) is 16.5. The molecular formula is C14H32N4O4. The Bertz CT molecular complexity index is 247. The third-order valence-corrected chi connectivity index (χ3v) is 3.02. The number of esters is 1. The van der Waals surface area contributed by atoms with Crippen LogP contribution in [0.3, 0.4) is 0 Å². The quantitative estimate of drug-likeness (QED) is 0.200. The zero-order valence-corrected chi connectivity index (χ0v) is 14.2. The van der Waals surface area contributed by atoms with E-state index in [-0.39, 0.29) is 5.97 Å². The van der Waals surface area contributed by atoms with Crippen LogP contribution in [0.5, 0.6) is 0 Å². The van der Waals surface area contributed by atoms with Gasteiger partial charge in [-0.15, -0.1) is 0 Å². The molecule has 0 radical (unpaired) electrons. The predicted octanol–water partition coefficient (Wildman–Crippen LogP) is -0.477. The lowest BCUT2D eigenvalue weighted by molar-refractivity contribution is -0.144. The number of hydroxylamine groups is 2. The van der Waals surface area contributed by atoms with E-state index >= 15 is 0 Å². The molecule has 0 bridgehead atoms. The van der Waals surface area contributed by atoms with E-state index in [0.29, 0.717) is 32.8 Å². The summed E-state index contributed by atoms with van der Waals surface area (Å²) in [5.74, 6) is -0.154. The highest BCUT2D eigenvalue weighted by atomic mass is 16.6. The molecule has 0 aromatic rings. The van der Waals surface area contributed by atoms with E-state index < -0.39 is 0 Å². The summed E-state index contributed by atoms with van der Waals surface area (Å²) >= 11 is 0. The van der Waals surface area contributed by atoms with Crippen LogP contribution in [0.25, 0.3) is 0 Å². The summed E-state index contributed by atoms with van der Waals surface area (Å²) < 4.78 is 5.21. The van der Waals surface area contributed by atoms with Crippen LogP contribution in [0.15, 0.2) is 0 Å². The molecule has 0 aliphatic rings. The molecule has 3 N–H and O–H groups in total. The van der Waals surface area contributed by atoms with E-state index in [0.717, 1.165) is 32.5 Å². The lowest BCUT2D eigenvalue weighted by atomic mass is 10.3. The van der Waals surface area contributed by atoms with E-state index in [9.17, 15) is 4.79 Å². The van der Waals surface area contributed by atoms with Crippen molar-refractivity contribution in [3.8, 4) is 0 Å². The molecule has 0 rings (SSSR count). The topological polar surface area (TPSA) is 84.1 Å². The molecule has 0 aliphatic carbocycles. The Morgan fingerprint density at radius 3 is 2.09 bits per heavy atom. The van der Waals surface area contributed by atoms with Gasteiger partial charge in [-0.2, -0.15) is 0 Å². The molecule has 0 spiro atoms. The summed E-state index contributed by atoms with van der Waals surface area (Å²) in [5.41, 5.74) is 5.27. The molecule has 132 valence electrons. The summed E-state index contributed by atoms with van der Waals surface area (Å²) in [6.45, 7) is 4.63. The van der Waals surface area contributed by atoms with E-state index in [1.807, 2.05) is 7.05 Å². The van der Waals surface area contributed by atoms with Gasteiger partial charge in [0.2, 0.25) is 0 Å². The molecule has 0 aromatic heterocycles. The molecular weight excluding hydrogens is 288 g/mol. The predicted molar refractivity (Wildman–Crippen MR) is 85.2 cm³/mol. The van der Waals surface area contributed by atoms with Crippen LogP contribution < -0.4 is 16.3 Å². The highest BCUT2D eigenvalue weighted by Gasteiger charge is 2.09. The standard InChI is InChI=1S/C14H32N4O4/c1-15-7-4-5-11-20-14(19)6-8-18(9-12-21-16-2)10-13-22-17-3/h15-17H,4-13H2,1-3H3. The number of hydrogen-bond acceptors (Lipinski definition) is 8. The van der Waals surface area contributed by atoms with Gasteiger partial charge in [0, 0.05) is 33.7 Å². The van der Waals surface area contributed by atoms with Crippen molar-refractivity contribution in [3.05, 3.63) is 0 Å². The molecule has 0 saturated carbocycles. The molecule has 8 heteroatoms. The molecule has 0 saturated heterocycles. The summed E-state index contributed by atoms with van der Waals surface area (Å²) in [4.78, 5) is 24.0. The second-order valence-corrected chi connectivity index (χ2v) is 4.73. The minimum absolute atomic E-state index is 0.154. The highest BCUT2D eigenvalue weighted by molar-refractivity contribution is 5.69. The fourth-order valence-corrected chi connectivity index (χ4v) is 1.80. The van der Waals surface area contributed by atoms with Gasteiger partial charge in [0.05, 0.1) is 26.2 Å². The SMILES string of the molecule is CNCCCCOC(=O)CCN(CCONC)CCONC. The van der Waals surface area contributed by atoms with E-state index in [1.54, 1.807) is 14.1 Å². The van der Waals surface area contributed by atoms with Gasteiger partial charge in [-0.25, -0.2) is 11.0 Å². The molecule has 0 amide bonds. The van der Waals surface area contributed by atoms with E-state index in [2.05, 4.69) is 21.2 Å². The minimum Gasteiger partial charge on any atom is -0.466 e. The second kappa shape index (κ2) is 16.6. The lowest BCUT2D eigenvalue weighted by Gasteiger charge is -2.21. The van der Waals surface area contributed by atoms with Crippen molar-refractivity contribution < 1.29 is 19.2 Å². The largest absolute Gasteiger partial charge is 0.466 e. The molecule has 8 nitrogen and oxygen atoms in total. The molecule has 22 heavy (non-hydrogen) atoms. The van der Waals surface area contributed by atoms with Crippen LogP contribution in [-0.4, -0.2) is 78.0 Å². The first-order valence-corrected chi connectivity index (χ1v) is 7.84. The first kappa shape index (κ1) is 21.2. The van der Waals surface area contributed by atoms with Crippen LogP contribution in [-0.2, 0) is 19.2 Å². The van der Waals surface area contributed by atoms with Gasteiger partial charge < -0.3 is 19.7 Å². The average Bonchev–Trinajstić information content (AvgIpc) is 2.52. The molecule has 0 aliphatic heterocycles. The van der Waals surface area contributed by atoms with Gasteiger partial charge in [0.15, 0.2) is 0 Å². The Kier molecular flexibility index (Phi) is 16.0. The minimum atomic E-state index is -0.154. The molecule has 0 heterocycles. The Balaban J connectivity index is 3.79. The third kappa shape index (κ3) is 14.2. The Hall–Kier alpha value is -0.770. The number of nitrogens with zero attached hydrogens (tertiary/aromatic N) is 1. The molecule has 0 fully saturated rings. The summed E-state index contributed by atoms with van der Waals surface area (Å²) in [6.07, 6.45) is 2.28. The number of carbonyl (C=O) groups excluding carboxylic acids is 1. The fraction of sp³-hybridized carbons (Fsp3) is 0.929. The Morgan fingerprint density at radius 2 is 1.55 bits per heavy atom. The average molecular weight is 320 g/mol. The zero-order valence-electron chi connectivity index (χ0n) is 14.2. The summed E-state index contributed by atoms with van der Waals surface area (Å²) in [6, 6.07) is 0. The van der Waals surface area contributed by atoms with Gasteiger partial charge in [-0.05, 0) is 26.4 Å². The first-order chi connectivity index (χ1) is 10.7. The maximum atomic E-state index is 11.7. The number of unbranched alkanes of at least 4 members (excludes halogenated alkanes) is 1. The molecule has 0 unspecified atom stereocenters. The van der Waals surface area contributed by atoms with Crippen LogP contribution >= 0.6 is 0 Å². The van der Waals surface area contributed by atoms with Crippen molar-refractivity contribution in [1.82, 2.24) is 21.2 Å². The number of rotatable bonds is 16. The summed E-state index contributed by atoms with van der Waals surface area (Å²) in [7, 11) is 5.36. The van der Waals surface area contributed by atoms with Gasteiger partial charge in [-0.1, -0.05) is 0 Å². The Labute approximate surface area is 133 Å². The smallest absolute Gasteiger partial charge is 0.307 e. The van der Waals surface area contributed by atoms with E-state index in [4.69, 9.17) is 14.4 Å². The number of hydrogen-bond donors (Lipinski definition) is 3. The fourth-order valence-electron chi connectivity index (χ4n) is 1.80. The second-order valence-electron chi connectivity index (χ2n) is 4.73. The van der Waals surface area contributed by atoms with Crippen LogP contribution in [0.2, 0.25) is 0 Å². The van der Waals surface area contributed by atoms with Crippen molar-refractivity contribution in [3.63, 3.8) is 0 Å². The van der Waals surface area contributed by atoms with Crippen LogP contribution in [0.1, 0.15) is 19.3 Å². The van der Waals surface area contributed by atoms with Crippen molar-refractivity contribution in [2.24, 2.45) is 0 Å². The van der Waals surface area contributed by atoms with Crippen LogP contribution in [0, 0.1) is 0 Å². The lowest BCUT2D eigenvalue weighted by Crippen LogP contribution is -2.34. The van der Waals surface area contributed by atoms with Crippen molar-refractivity contribution in [2.75, 3.05) is 67.1 Å². The van der Waals surface area contributed by atoms with E-state index in [1.165, 1.54) is 0 Å².